The van der Waals surface area contributed by atoms with Crippen molar-refractivity contribution in [2.45, 2.75) is 43.7 Å². The molecule has 0 aromatic heterocycles. The third-order valence-corrected chi connectivity index (χ3v) is 3.80. The molecule has 1 atom stereocenters. The van der Waals surface area contributed by atoms with Crippen LogP contribution in [0.3, 0.4) is 0 Å². The molecular weight excluding hydrogens is 248 g/mol. The topological polar surface area (TPSA) is 113 Å². The first-order chi connectivity index (χ1) is 9.03. The number of hydrogen-bond acceptors (Lipinski definition) is 4. The Kier molecular flexibility index (Phi) is 4.04. The monoisotopic (exact) mass is 268 g/mol. The molecule has 7 heteroatoms. The quantitative estimate of drug-likeness (QED) is 0.480. The Morgan fingerprint density at radius 1 is 1.26 bits per heavy atom. The first kappa shape index (κ1) is 13.8. The highest BCUT2D eigenvalue weighted by molar-refractivity contribution is 5.95. The van der Waals surface area contributed by atoms with Crippen LogP contribution in [-0.4, -0.2) is 42.4 Å². The van der Waals surface area contributed by atoms with Gasteiger partial charge in [0.15, 0.2) is 0 Å². The van der Waals surface area contributed by atoms with Gasteiger partial charge < -0.3 is 21.7 Å². The van der Waals surface area contributed by atoms with Crippen LogP contribution in [0.4, 0.5) is 0 Å². The summed E-state index contributed by atoms with van der Waals surface area (Å²) >= 11 is 0. The van der Waals surface area contributed by atoms with Gasteiger partial charge in [0.2, 0.25) is 17.7 Å². The number of nitrogens with one attached hydrogen (secondary N) is 3. The molecule has 5 N–H and O–H groups in total. The van der Waals surface area contributed by atoms with E-state index in [-0.39, 0.29) is 24.4 Å². The molecule has 1 saturated heterocycles. The second-order valence-electron chi connectivity index (χ2n) is 5.22. The number of carbonyl (C=O) groups is 3. The standard InChI is InChI=1S/C12H20N4O3/c13-9(17)7-15-11(19)12(4-2-5-12)16-10(18)8-3-1-6-14-8/h8,14H,1-7H2,(H2,13,17)(H,15,19)(H,16,18)/t8-/m0/s1. The lowest BCUT2D eigenvalue weighted by Gasteiger charge is -2.41. The summed E-state index contributed by atoms with van der Waals surface area (Å²) in [6, 6.07) is -0.207. The van der Waals surface area contributed by atoms with E-state index >= 15 is 0 Å². The van der Waals surface area contributed by atoms with Gasteiger partial charge in [0.25, 0.3) is 0 Å². The Morgan fingerprint density at radius 2 is 2.00 bits per heavy atom. The van der Waals surface area contributed by atoms with E-state index in [1.165, 1.54) is 0 Å². The smallest absolute Gasteiger partial charge is 0.246 e. The van der Waals surface area contributed by atoms with E-state index in [0.717, 1.165) is 25.8 Å². The summed E-state index contributed by atoms with van der Waals surface area (Å²) in [6.45, 7) is 0.636. The largest absolute Gasteiger partial charge is 0.368 e. The lowest BCUT2D eigenvalue weighted by atomic mass is 9.75. The predicted molar refractivity (Wildman–Crippen MR) is 68.0 cm³/mol. The molecule has 1 aliphatic heterocycles. The second-order valence-corrected chi connectivity index (χ2v) is 5.22. The fourth-order valence-electron chi connectivity index (χ4n) is 2.51. The van der Waals surface area contributed by atoms with Crippen LogP contribution in [0.1, 0.15) is 32.1 Å². The second kappa shape index (κ2) is 5.56. The van der Waals surface area contributed by atoms with Crippen molar-refractivity contribution in [3.05, 3.63) is 0 Å². The predicted octanol–water partition coefficient (Wildman–Crippen LogP) is -1.62. The Bertz CT molecular complexity index is 386. The van der Waals surface area contributed by atoms with Crippen LogP contribution in [0.25, 0.3) is 0 Å². The fraction of sp³-hybridized carbons (Fsp3) is 0.750. The summed E-state index contributed by atoms with van der Waals surface area (Å²) in [6.07, 6.45) is 3.87. The molecule has 1 aliphatic carbocycles. The lowest BCUT2D eigenvalue weighted by Crippen LogP contribution is -2.65. The first-order valence-electron chi connectivity index (χ1n) is 6.65. The number of hydrogen-bond donors (Lipinski definition) is 4. The molecule has 0 aromatic carbocycles. The molecule has 0 unspecified atom stereocenters. The molecule has 0 aromatic rings. The molecule has 3 amide bonds. The van der Waals surface area contributed by atoms with Crippen molar-refractivity contribution in [3.8, 4) is 0 Å². The zero-order valence-electron chi connectivity index (χ0n) is 10.8. The minimum atomic E-state index is -0.850. The molecule has 2 aliphatic rings. The molecule has 1 heterocycles. The highest BCUT2D eigenvalue weighted by atomic mass is 16.2. The molecule has 2 fully saturated rings. The van der Waals surface area contributed by atoms with Gasteiger partial charge in [-0.05, 0) is 38.6 Å². The van der Waals surface area contributed by atoms with Gasteiger partial charge in [-0.25, -0.2) is 0 Å². The molecular formula is C12H20N4O3. The van der Waals surface area contributed by atoms with Crippen LogP contribution >= 0.6 is 0 Å². The molecule has 7 nitrogen and oxygen atoms in total. The van der Waals surface area contributed by atoms with Crippen LogP contribution < -0.4 is 21.7 Å². The first-order valence-corrected chi connectivity index (χ1v) is 6.65. The van der Waals surface area contributed by atoms with Crippen LogP contribution in [-0.2, 0) is 14.4 Å². The summed E-state index contributed by atoms with van der Waals surface area (Å²) < 4.78 is 0. The van der Waals surface area contributed by atoms with Crippen molar-refractivity contribution in [1.82, 2.24) is 16.0 Å². The average Bonchev–Trinajstić information content (AvgIpc) is 2.84. The summed E-state index contributed by atoms with van der Waals surface area (Å²) in [5.41, 5.74) is 4.14. The van der Waals surface area contributed by atoms with Crippen LogP contribution in [0.2, 0.25) is 0 Å². The van der Waals surface area contributed by atoms with Gasteiger partial charge >= 0.3 is 0 Å². The van der Waals surface area contributed by atoms with E-state index in [1.54, 1.807) is 0 Å². The van der Waals surface area contributed by atoms with Crippen molar-refractivity contribution in [3.63, 3.8) is 0 Å². The maximum atomic E-state index is 12.1. The SMILES string of the molecule is NC(=O)CNC(=O)C1(NC(=O)[C@@H]2CCCN2)CCC1. The summed E-state index contributed by atoms with van der Waals surface area (Å²) in [5, 5.41) is 8.40. The Balaban J connectivity index is 1.91. The van der Waals surface area contributed by atoms with Gasteiger partial charge in [-0.3, -0.25) is 14.4 Å². The third-order valence-electron chi connectivity index (χ3n) is 3.80. The van der Waals surface area contributed by atoms with E-state index in [4.69, 9.17) is 5.73 Å². The van der Waals surface area contributed by atoms with E-state index in [0.29, 0.717) is 12.8 Å². The minimum absolute atomic E-state index is 0.133. The minimum Gasteiger partial charge on any atom is -0.368 e. The number of primary amides is 1. The van der Waals surface area contributed by atoms with Gasteiger partial charge in [0.1, 0.15) is 5.54 Å². The van der Waals surface area contributed by atoms with Crippen molar-refractivity contribution in [2.24, 2.45) is 5.73 Å². The fourth-order valence-corrected chi connectivity index (χ4v) is 2.51. The number of carbonyl (C=O) groups excluding carboxylic acids is 3. The van der Waals surface area contributed by atoms with Crippen molar-refractivity contribution >= 4 is 17.7 Å². The van der Waals surface area contributed by atoms with Crippen molar-refractivity contribution < 1.29 is 14.4 Å². The maximum absolute atomic E-state index is 12.1. The van der Waals surface area contributed by atoms with Gasteiger partial charge in [0, 0.05) is 0 Å². The Labute approximate surface area is 111 Å². The molecule has 106 valence electrons. The molecule has 0 spiro atoms. The zero-order valence-corrected chi connectivity index (χ0v) is 10.8. The van der Waals surface area contributed by atoms with Crippen LogP contribution in [0.15, 0.2) is 0 Å². The lowest BCUT2D eigenvalue weighted by molar-refractivity contribution is -0.138. The van der Waals surface area contributed by atoms with E-state index in [1.807, 2.05) is 0 Å². The van der Waals surface area contributed by atoms with Gasteiger partial charge in [-0.2, -0.15) is 0 Å². The number of nitrogens with two attached hydrogens (primary N) is 1. The van der Waals surface area contributed by atoms with Crippen molar-refractivity contribution in [2.75, 3.05) is 13.1 Å². The Hall–Kier alpha value is -1.63. The van der Waals surface area contributed by atoms with Crippen molar-refractivity contribution in [1.29, 1.82) is 0 Å². The summed E-state index contributed by atoms with van der Waals surface area (Å²) in [7, 11) is 0. The zero-order chi connectivity index (χ0) is 13.9. The molecule has 0 radical (unpaired) electrons. The van der Waals surface area contributed by atoms with Gasteiger partial charge in [-0.15, -0.1) is 0 Å². The van der Waals surface area contributed by atoms with E-state index in [2.05, 4.69) is 16.0 Å². The normalized spacial score (nSPS) is 24.3. The third kappa shape index (κ3) is 3.04. The maximum Gasteiger partial charge on any atom is 0.246 e. The van der Waals surface area contributed by atoms with Gasteiger partial charge in [-0.1, -0.05) is 0 Å². The Morgan fingerprint density at radius 3 is 2.47 bits per heavy atom. The highest BCUT2D eigenvalue weighted by Gasteiger charge is 2.46. The number of amides is 3. The van der Waals surface area contributed by atoms with Crippen LogP contribution in [0.5, 0.6) is 0 Å². The summed E-state index contributed by atoms with van der Waals surface area (Å²) in [4.78, 5) is 34.8. The van der Waals surface area contributed by atoms with Crippen LogP contribution in [0, 0.1) is 0 Å². The highest BCUT2D eigenvalue weighted by Crippen LogP contribution is 2.32. The molecule has 0 bridgehead atoms. The van der Waals surface area contributed by atoms with E-state index < -0.39 is 11.4 Å². The molecule has 1 saturated carbocycles. The van der Waals surface area contributed by atoms with Gasteiger partial charge in [0.05, 0.1) is 12.6 Å². The molecule has 2 rings (SSSR count). The number of rotatable bonds is 5. The summed E-state index contributed by atoms with van der Waals surface area (Å²) in [5.74, 6) is -1.04. The van der Waals surface area contributed by atoms with E-state index in [9.17, 15) is 14.4 Å². The average molecular weight is 268 g/mol. The molecule has 19 heavy (non-hydrogen) atoms.